The van der Waals surface area contributed by atoms with E-state index in [0.29, 0.717) is 12.0 Å². The van der Waals surface area contributed by atoms with E-state index >= 15 is 0 Å². The third-order valence-electron chi connectivity index (χ3n) is 4.09. The Bertz CT molecular complexity index is 810. The van der Waals surface area contributed by atoms with Crippen molar-refractivity contribution in [2.45, 2.75) is 19.4 Å². The molecule has 1 amide bonds. The first-order valence-corrected chi connectivity index (χ1v) is 7.40. The van der Waals surface area contributed by atoms with Gasteiger partial charge in [-0.1, -0.05) is 36.4 Å². The first kappa shape index (κ1) is 15.0. The molecule has 0 saturated heterocycles. The molecule has 2 aromatic carbocycles. The van der Waals surface area contributed by atoms with Gasteiger partial charge in [0.15, 0.2) is 0 Å². The van der Waals surface area contributed by atoms with Crippen LogP contribution in [0.5, 0.6) is 0 Å². The lowest BCUT2D eigenvalue weighted by Gasteiger charge is -2.25. The van der Waals surface area contributed by atoms with Gasteiger partial charge in [0, 0.05) is 11.3 Å². The van der Waals surface area contributed by atoms with Crippen molar-refractivity contribution in [3.63, 3.8) is 0 Å². The Morgan fingerprint density at radius 2 is 2.04 bits per heavy atom. The summed E-state index contributed by atoms with van der Waals surface area (Å²) in [6.07, 6.45) is 2.28. The quantitative estimate of drug-likeness (QED) is 0.816. The zero-order valence-electron chi connectivity index (χ0n) is 12.8. The molecule has 1 unspecified atom stereocenters. The molecule has 1 aliphatic heterocycles. The molecule has 0 fully saturated rings. The summed E-state index contributed by atoms with van der Waals surface area (Å²) in [5.74, 6) is -1.64. The zero-order chi connectivity index (χ0) is 16.6. The number of carboxylic acids is 1. The Morgan fingerprint density at radius 3 is 2.70 bits per heavy atom. The Kier molecular flexibility index (Phi) is 3.74. The standard InChI is InChI=1S/C19H17NO3/c1-3-6-16-14-9-5-10-15(19(22)23)17(14)18(21)20(16)13-8-4-7-12(2)11-13/h3-5,7-11,16H,1,6H2,2H3,(H,22,23)/p-1. The maximum absolute atomic E-state index is 12.9. The SMILES string of the molecule is C=CCC1c2cccc(C(=O)[O-])c2C(=O)N1c1cccc(C)c1. The van der Waals surface area contributed by atoms with Crippen molar-refractivity contribution in [3.05, 3.63) is 77.4 Å². The van der Waals surface area contributed by atoms with E-state index in [9.17, 15) is 14.7 Å². The van der Waals surface area contributed by atoms with Gasteiger partial charge in [0.05, 0.1) is 17.6 Å². The molecule has 4 heteroatoms. The molecule has 0 aromatic heterocycles. The molecule has 1 heterocycles. The molecule has 1 aliphatic rings. The number of benzene rings is 2. The molecular formula is C19H16NO3-. The number of aromatic carboxylic acids is 1. The highest BCUT2D eigenvalue weighted by atomic mass is 16.4. The number of nitrogens with zero attached hydrogens (tertiary/aromatic N) is 1. The van der Waals surface area contributed by atoms with Crippen LogP contribution in [0.4, 0.5) is 5.69 Å². The maximum Gasteiger partial charge on any atom is 0.259 e. The zero-order valence-corrected chi connectivity index (χ0v) is 12.8. The summed E-state index contributed by atoms with van der Waals surface area (Å²) in [6, 6.07) is 12.2. The number of fused-ring (bicyclic) bond motifs is 1. The van der Waals surface area contributed by atoms with Crippen LogP contribution in [0.25, 0.3) is 0 Å². The van der Waals surface area contributed by atoms with Crippen molar-refractivity contribution in [2.75, 3.05) is 4.90 Å². The van der Waals surface area contributed by atoms with Crippen LogP contribution in [0, 0.1) is 6.92 Å². The number of rotatable bonds is 4. The second-order valence-electron chi connectivity index (χ2n) is 5.61. The van der Waals surface area contributed by atoms with Gasteiger partial charge in [-0.05, 0) is 36.6 Å². The van der Waals surface area contributed by atoms with E-state index in [-0.39, 0.29) is 23.1 Å². The Balaban J connectivity index is 2.19. The van der Waals surface area contributed by atoms with Gasteiger partial charge in [-0.3, -0.25) is 4.79 Å². The maximum atomic E-state index is 12.9. The van der Waals surface area contributed by atoms with Crippen LogP contribution in [0.3, 0.4) is 0 Å². The number of hydrogen-bond acceptors (Lipinski definition) is 3. The molecule has 0 spiro atoms. The Hall–Kier alpha value is -2.88. The van der Waals surface area contributed by atoms with Crippen LogP contribution in [-0.2, 0) is 0 Å². The van der Waals surface area contributed by atoms with Crippen LogP contribution < -0.4 is 10.0 Å². The number of hydrogen-bond donors (Lipinski definition) is 0. The monoisotopic (exact) mass is 306 g/mol. The second-order valence-corrected chi connectivity index (χ2v) is 5.61. The first-order valence-electron chi connectivity index (χ1n) is 7.40. The van der Waals surface area contributed by atoms with E-state index in [4.69, 9.17) is 0 Å². The highest BCUT2D eigenvalue weighted by Gasteiger charge is 2.38. The molecular weight excluding hydrogens is 290 g/mol. The predicted molar refractivity (Wildman–Crippen MR) is 86.3 cm³/mol. The largest absolute Gasteiger partial charge is 0.545 e. The van der Waals surface area contributed by atoms with E-state index in [1.807, 2.05) is 31.2 Å². The summed E-state index contributed by atoms with van der Waals surface area (Å²) in [7, 11) is 0. The van der Waals surface area contributed by atoms with Gasteiger partial charge in [0.2, 0.25) is 0 Å². The second kappa shape index (κ2) is 5.72. The Morgan fingerprint density at radius 1 is 1.30 bits per heavy atom. The van der Waals surface area contributed by atoms with E-state index in [1.54, 1.807) is 23.1 Å². The topological polar surface area (TPSA) is 60.4 Å². The third-order valence-corrected chi connectivity index (χ3v) is 4.09. The van der Waals surface area contributed by atoms with Gasteiger partial charge in [0.25, 0.3) is 5.91 Å². The van der Waals surface area contributed by atoms with E-state index in [2.05, 4.69) is 6.58 Å². The summed E-state index contributed by atoms with van der Waals surface area (Å²) in [5.41, 5.74) is 2.65. The predicted octanol–water partition coefficient (Wildman–Crippen LogP) is 2.64. The third kappa shape index (κ3) is 2.42. The Labute approximate surface area is 134 Å². The molecule has 0 N–H and O–H groups in total. The number of aryl methyl sites for hydroxylation is 1. The number of carbonyl (C=O) groups is 2. The molecule has 0 saturated carbocycles. The lowest BCUT2D eigenvalue weighted by atomic mass is 9.98. The number of anilines is 1. The molecule has 0 radical (unpaired) electrons. The van der Waals surface area contributed by atoms with Gasteiger partial charge in [0.1, 0.15) is 0 Å². The molecule has 116 valence electrons. The van der Waals surface area contributed by atoms with Gasteiger partial charge in [-0.15, -0.1) is 6.58 Å². The summed E-state index contributed by atoms with van der Waals surface area (Å²) in [6.45, 7) is 5.71. The molecule has 23 heavy (non-hydrogen) atoms. The summed E-state index contributed by atoms with van der Waals surface area (Å²) in [4.78, 5) is 25.9. The van der Waals surface area contributed by atoms with Crippen LogP contribution >= 0.6 is 0 Å². The lowest BCUT2D eigenvalue weighted by Crippen LogP contribution is -2.29. The summed E-state index contributed by atoms with van der Waals surface area (Å²) in [5, 5.41) is 11.4. The number of carboxylic acid groups (broad SMARTS) is 1. The molecule has 1 atom stereocenters. The van der Waals surface area contributed by atoms with Crippen LogP contribution in [0.15, 0.2) is 55.1 Å². The summed E-state index contributed by atoms with van der Waals surface area (Å²) < 4.78 is 0. The van der Waals surface area contributed by atoms with Crippen molar-refractivity contribution in [1.82, 2.24) is 0 Å². The van der Waals surface area contributed by atoms with Gasteiger partial charge in [-0.25, -0.2) is 0 Å². The van der Waals surface area contributed by atoms with E-state index in [0.717, 1.165) is 11.3 Å². The smallest absolute Gasteiger partial charge is 0.259 e. The first-order chi connectivity index (χ1) is 11.0. The minimum absolute atomic E-state index is 0.0586. The van der Waals surface area contributed by atoms with Crippen molar-refractivity contribution < 1.29 is 14.7 Å². The fraction of sp³-hybridized carbons (Fsp3) is 0.158. The number of carbonyl (C=O) groups excluding carboxylic acids is 2. The van der Waals surface area contributed by atoms with E-state index in [1.165, 1.54) is 6.07 Å². The van der Waals surface area contributed by atoms with Crippen LogP contribution in [0.2, 0.25) is 0 Å². The van der Waals surface area contributed by atoms with Crippen molar-refractivity contribution in [3.8, 4) is 0 Å². The minimum Gasteiger partial charge on any atom is -0.545 e. The molecule has 3 rings (SSSR count). The normalized spacial score (nSPS) is 16.3. The van der Waals surface area contributed by atoms with Crippen molar-refractivity contribution in [2.24, 2.45) is 0 Å². The average Bonchev–Trinajstić information content (AvgIpc) is 2.80. The highest BCUT2D eigenvalue weighted by Crippen LogP contribution is 2.41. The van der Waals surface area contributed by atoms with Gasteiger partial charge in [-0.2, -0.15) is 0 Å². The highest BCUT2D eigenvalue weighted by molar-refractivity contribution is 6.16. The lowest BCUT2D eigenvalue weighted by molar-refractivity contribution is -0.255. The average molecular weight is 306 g/mol. The fourth-order valence-corrected chi connectivity index (χ4v) is 3.12. The van der Waals surface area contributed by atoms with Crippen LogP contribution in [0.1, 0.15) is 44.3 Å². The van der Waals surface area contributed by atoms with Crippen molar-refractivity contribution in [1.29, 1.82) is 0 Å². The molecule has 2 aromatic rings. The minimum atomic E-state index is -1.33. The molecule has 4 nitrogen and oxygen atoms in total. The fourth-order valence-electron chi connectivity index (χ4n) is 3.12. The van der Waals surface area contributed by atoms with Gasteiger partial charge >= 0.3 is 0 Å². The molecule has 0 bridgehead atoms. The van der Waals surface area contributed by atoms with Crippen LogP contribution in [-0.4, -0.2) is 11.9 Å². The number of amides is 1. The molecule has 0 aliphatic carbocycles. The van der Waals surface area contributed by atoms with E-state index < -0.39 is 5.97 Å². The van der Waals surface area contributed by atoms with Gasteiger partial charge < -0.3 is 14.8 Å². The van der Waals surface area contributed by atoms with Crippen molar-refractivity contribution >= 4 is 17.6 Å². The summed E-state index contributed by atoms with van der Waals surface area (Å²) >= 11 is 0.